The summed E-state index contributed by atoms with van der Waals surface area (Å²) in [5, 5.41) is 128. The fourth-order valence-corrected chi connectivity index (χ4v) is 15.5. The van der Waals surface area contributed by atoms with E-state index in [9.17, 15) is 60.3 Å². The Bertz CT molecular complexity index is 5070. The summed E-state index contributed by atoms with van der Waals surface area (Å²) in [6.07, 6.45) is -17.8. The summed E-state index contributed by atoms with van der Waals surface area (Å²) in [6, 6.07) is 12.1. The monoisotopic (exact) mass is 1740 g/mol. The van der Waals surface area contributed by atoms with Gasteiger partial charge in [0, 0.05) is 53.9 Å². The lowest BCUT2D eigenvalue weighted by Crippen LogP contribution is -2.65. The second-order valence-electron chi connectivity index (χ2n) is 30.7. The highest BCUT2D eigenvalue weighted by atomic mass is 35.5. The number of phenols is 3. The fraction of sp³-hybridized carbons (Fsp3) is 0.390. The number of benzene rings is 7. The van der Waals surface area contributed by atoms with E-state index in [0.717, 1.165) is 71.8 Å². The zero-order chi connectivity index (χ0) is 86.8. The Morgan fingerprint density at radius 3 is 1.90 bits per heavy atom. The topological polar surface area (TPSA) is 509 Å². The van der Waals surface area contributed by atoms with Gasteiger partial charge in [0.2, 0.25) is 53.4 Å². The Balaban J connectivity index is 1.03. The molecule has 7 aliphatic rings. The van der Waals surface area contributed by atoms with Gasteiger partial charge in [-0.3, -0.25) is 33.6 Å². The van der Waals surface area contributed by atoms with Crippen molar-refractivity contribution in [3.63, 3.8) is 0 Å². The number of carbonyl (C=O) groups is 8. The van der Waals surface area contributed by atoms with Crippen LogP contribution >= 0.6 is 46.4 Å². The van der Waals surface area contributed by atoms with E-state index in [-0.39, 0.29) is 71.7 Å². The number of nitrogens with two attached hydrogens (primary N) is 1. The number of aromatic hydroxyl groups is 3. The summed E-state index contributed by atoms with van der Waals surface area (Å²) in [5.41, 5.74) is 3.41. The molecule has 7 amide bonds. The van der Waals surface area contributed by atoms with E-state index in [1.54, 1.807) is 51.0 Å². The molecule has 1 unspecified atom stereocenters. The van der Waals surface area contributed by atoms with Crippen LogP contribution in [-0.2, 0) is 65.7 Å². The number of carboxylic acids is 1. The van der Waals surface area contributed by atoms with Crippen molar-refractivity contribution in [2.45, 2.75) is 169 Å². The fourth-order valence-electron chi connectivity index (χ4n) is 14.8. The van der Waals surface area contributed by atoms with Crippen LogP contribution in [0.5, 0.6) is 51.7 Å². The third-order valence-electron chi connectivity index (χ3n) is 21.1. The number of nitrogens with zero attached hydrogens (tertiary/aromatic N) is 1. The van der Waals surface area contributed by atoms with E-state index >= 15 is 24.0 Å². The molecule has 120 heavy (non-hydrogen) atoms. The SMILES string of the molecule is CN[C@H](CC(C)C)C(=O)N[C@H]1C(=O)N[C@@H](CC(N)=O)C(=O)N[C@H]2C(=O)N[C@H]3C(=O)N[C@H](C(=O)N[C@H](C(=O)O)c4cc(O)cc(O)c4-c4cc3ccc4O)[C@H](O)c3ccc(c(Cl)c3)Oc3cc2cc(c3O[C@@H]2O[C@H](CN(C)C)[C@@H](O)[C@H](O)[C@H]2OC2C[C@](C)(NCc3ccc(COc4ccc(Cl)c(Cl)c4)cc3)[C@H](O)[C@H](C)O2)Oc2ccc(cc2Cl)[C@H]1O. The molecule has 14 rings (SSSR count). The lowest BCUT2D eigenvalue weighted by Gasteiger charge is -2.48. The Morgan fingerprint density at radius 2 is 1.28 bits per heavy atom. The summed E-state index contributed by atoms with van der Waals surface area (Å²) in [7, 11) is 4.79. The number of fused-ring (bicyclic) bond motifs is 15. The summed E-state index contributed by atoms with van der Waals surface area (Å²) in [4.78, 5) is 120. The second-order valence-corrected chi connectivity index (χ2v) is 32.4. The first-order valence-corrected chi connectivity index (χ1v) is 39.5. The molecule has 2 fully saturated rings. The lowest BCUT2D eigenvalue weighted by molar-refractivity contribution is -0.333. The molecule has 38 heteroatoms. The lowest BCUT2D eigenvalue weighted by atomic mass is 9.84. The van der Waals surface area contributed by atoms with Crippen LogP contribution in [0.1, 0.15) is 116 Å². The number of rotatable bonds is 20. The molecule has 11 bridgehead atoms. The number of likely N-dealkylation sites (N-methyl/N-ethyl adjacent to an activating group) is 2. The van der Waals surface area contributed by atoms with Crippen molar-refractivity contribution < 1.29 is 117 Å². The number of halogens is 4. The van der Waals surface area contributed by atoms with E-state index in [1.165, 1.54) is 25.2 Å². The van der Waals surface area contributed by atoms with Crippen LogP contribution in [0.3, 0.4) is 0 Å². The maximum atomic E-state index is 16.3. The first kappa shape index (κ1) is 88.9. The molecule has 34 nitrogen and oxygen atoms in total. The number of carbonyl (C=O) groups excluding carboxylic acids is 7. The average Bonchev–Trinajstić information content (AvgIpc) is 0.785. The normalized spacial score (nSPS) is 26.6. The maximum Gasteiger partial charge on any atom is 0.330 e. The van der Waals surface area contributed by atoms with Crippen molar-refractivity contribution in [1.29, 1.82) is 0 Å². The van der Waals surface area contributed by atoms with Crippen LogP contribution in [0, 0.1) is 5.92 Å². The van der Waals surface area contributed by atoms with Crippen LogP contribution in [-0.4, -0.2) is 205 Å². The zero-order valence-electron chi connectivity index (χ0n) is 65.4. The van der Waals surface area contributed by atoms with Crippen LogP contribution in [0.15, 0.2) is 121 Å². The molecule has 0 aromatic heterocycles. The number of hydrogen-bond acceptors (Lipinski definition) is 26. The van der Waals surface area contributed by atoms with Gasteiger partial charge in [0.1, 0.15) is 102 Å². The van der Waals surface area contributed by atoms with Crippen molar-refractivity contribution in [2.75, 3.05) is 27.7 Å². The molecular weight excluding hydrogens is 1650 g/mol. The Morgan fingerprint density at radius 1 is 0.658 bits per heavy atom. The molecule has 18 atom stereocenters. The van der Waals surface area contributed by atoms with Crippen LogP contribution in [0.2, 0.25) is 20.1 Å². The quantitative estimate of drug-likeness (QED) is 0.0454. The molecule has 2 saturated heterocycles. The van der Waals surface area contributed by atoms with E-state index < -0.39 is 225 Å². The molecule has 0 radical (unpaired) electrons. The number of carboxylic acid groups (broad SMARTS) is 1. The van der Waals surface area contributed by atoms with Crippen LogP contribution < -0.4 is 67.2 Å². The van der Waals surface area contributed by atoms with Gasteiger partial charge in [-0.05, 0) is 147 Å². The van der Waals surface area contributed by atoms with Gasteiger partial charge >= 0.3 is 5.97 Å². The number of phenolic OH excluding ortho intramolecular Hbond substituents is 3. The van der Waals surface area contributed by atoms with E-state index in [0.29, 0.717) is 15.8 Å². The highest BCUT2D eigenvalue weighted by molar-refractivity contribution is 6.42. The molecule has 640 valence electrons. The third kappa shape index (κ3) is 20.0. The van der Waals surface area contributed by atoms with Crippen molar-refractivity contribution >= 4 is 93.7 Å². The van der Waals surface area contributed by atoms with Gasteiger partial charge in [0.25, 0.3) is 0 Å². The largest absolute Gasteiger partial charge is 0.508 e. The van der Waals surface area contributed by atoms with E-state index in [2.05, 4.69) is 42.5 Å². The van der Waals surface area contributed by atoms with Gasteiger partial charge in [0.05, 0.1) is 44.8 Å². The first-order chi connectivity index (χ1) is 56.8. The van der Waals surface area contributed by atoms with Gasteiger partial charge in [-0.15, -0.1) is 0 Å². The Hall–Kier alpha value is -10.4. The van der Waals surface area contributed by atoms with Crippen molar-refractivity contribution in [3.8, 4) is 62.9 Å². The third-order valence-corrected chi connectivity index (χ3v) is 22.4. The number of primary amides is 1. The standard InChI is InChI=1S/C82H90Cl4N10O24/c1-34(2)20-50(88-5)74(106)94-65-67(101)39-13-18-54(48(85)22-39)116-56-24-41-25-57(71(56)120-81-72(70(104)69(103)58(118-81)32-96(6)7)119-60-30-82(4,73(105)35(3)115-60)89-31-36-8-10-37(11-9-36)33-114-43-15-16-46(83)47(84)28-43)117-55-19-14-40(23-49(55)86)68(102)66-79(111)93-64(80(112)113)45-26-42(97)27-53(99)61(45)44-21-38(12-17-52(44)98)62(76(108)95-66)92-77(109)63(41)91-75(107)51(29-59(87)100)90-78(65)110/h8-19,21-28,34-35,50-51,58,60,62-70,72-73,81,88-89,97-99,101-105H,20,29-33H2,1-7H3,(H2,87,100)(H,90,110)(H,91,107)(H,92,109)(H,93,111)(H,94,106)(H,95,108)(H,112,113)/t35-,50+,51-,58+,60?,62+,63+,64-,65+,66-,67+,68+,69+,70-,72+,73+,81-,82-/m0/s1. The van der Waals surface area contributed by atoms with Crippen molar-refractivity contribution in [1.82, 2.24) is 47.4 Å². The molecule has 7 aromatic rings. The van der Waals surface area contributed by atoms with Gasteiger partial charge in [-0.25, -0.2) is 4.79 Å². The molecule has 7 heterocycles. The molecular formula is C82H90Cl4N10O24. The number of amides is 7. The van der Waals surface area contributed by atoms with Gasteiger partial charge in [0.15, 0.2) is 29.9 Å². The minimum Gasteiger partial charge on any atom is -0.508 e. The van der Waals surface area contributed by atoms with Crippen molar-refractivity contribution in [3.05, 3.63) is 180 Å². The number of ether oxygens (including phenoxy) is 7. The van der Waals surface area contributed by atoms with Gasteiger partial charge in [-0.2, -0.15) is 0 Å². The summed E-state index contributed by atoms with van der Waals surface area (Å²) in [6.45, 7) is 7.26. The molecule has 0 saturated carbocycles. The van der Waals surface area contributed by atoms with Crippen molar-refractivity contribution in [2.24, 2.45) is 11.7 Å². The summed E-state index contributed by atoms with van der Waals surface area (Å²) < 4.78 is 46.3. The predicted molar refractivity (Wildman–Crippen MR) is 431 cm³/mol. The Kier molecular flexibility index (Phi) is 27.6. The number of aliphatic hydroxyl groups is 5. The molecule has 7 aromatic carbocycles. The first-order valence-electron chi connectivity index (χ1n) is 38.0. The number of nitrogens with one attached hydrogen (secondary N) is 8. The molecule has 0 aliphatic carbocycles. The predicted octanol–water partition coefficient (Wildman–Crippen LogP) is 5.39. The number of aliphatic carboxylic acids is 1. The van der Waals surface area contributed by atoms with E-state index in [4.69, 9.17) is 85.3 Å². The smallest absolute Gasteiger partial charge is 0.330 e. The highest BCUT2D eigenvalue weighted by Crippen LogP contribution is 2.50. The Labute approximate surface area is 706 Å². The molecule has 7 aliphatic heterocycles. The molecule has 19 N–H and O–H groups in total. The summed E-state index contributed by atoms with van der Waals surface area (Å²) in [5.74, 6) is -15.2. The zero-order valence-corrected chi connectivity index (χ0v) is 68.4. The number of aliphatic hydroxyl groups excluding tert-OH is 5. The van der Waals surface area contributed by atoms with E-state index in [1.807, 2.05) is 38.1 Å². The van der Waals surface area contributed by atoms with Gasteiger partial charge < -0.3 is 132 Å². The number of hydrogen-bond donors (Lipinski definition) is 18. The summed E-state index contributed by atoms with van der Waals surface area (Å²) >= 11 is 26.7. The minimum atomic E-state index is -2.35. The minimum absolute atomic E-state index is 0.103. The van der Waals surface area contributed by atoms with Gasteiger partial charge in [-0.1, -0.05) is 103 Å². The maximum absolute atomic E-state index is 16.3. The second kappa shape index (κ2) is 37.3. The highest BCUT2D eigenvalue weighted by Gasteiger charge is 2.52. The molecule has 0 spiro atoms. The average molecular weight is 1740 g/mol. The van der Waals surface area contributed by atoms with Crippen LogP contribution in [0.4, 0.5) is 0 Å². The van der Waals surface area contributed by atoms with Crippen LogP contribution in [0.25, 0.3) is 11.1 Å².